The molecule has 136 valence electrons. The first-order valence-corrected chi connectivity index (χ1v) is 8.00. The van der Waals surface area contributed by atoms with Gasteiger partial charge in [0.1, 0.15) is 0 Å². The molecule has 0 spiro atoms. The van der Waals surface area contributed by atoms with Crippen LogP contribution in [0.2, 0.25) is 0 Å². The first kappa shape index (κ1) is 19.0. The van der Waals surface area contributed by atoms with Crippen LogP contribution in [0.1, 0.15) is 56.0 Å². The maximum absolute atomic E-state index is 12.6. The number of benzene rings is 1. The van der Waals surface area contributed by atoms with Crippen LogP contribution in [-0.2, 0) is 10.2 Å². The number of ketones is 1. The number of hydrazine groups is 1. The van der Waals surface area contributed by atoms with Crippen molar-refractivity contribution in [2.24, 2.45) is 0 Å². The molecule has 0 saturated heterocycles. The third-order valence-corrected chi connectivity index (χ3v) is 4.09. The van der Waals surface area contributed by atoms with E-state index >= 15 is 0 Å². The highest BCUT2D eigenvalue weighted by molar-refractivity contribution is 6.00. The molecule has 1 aromatic rings. The molecule has 0 saturated carbocycles. The lowest BCUT2D eigenvalue weighted by molar-refractivity contribution is -0.166. The Morgan fingerprint density at radius 1 is 1.00 bits per heavy atom. The van der Waals surface area contributed by atoms with Gasteiger partial charge in [-0.1, -0.05) is 32.9 Å². The highest BCUT2D eigenvalue weighted by atomic mass is 19.4. The van der Waals surface area contributed by atoms with Crippen LogP contribution in [0.25, 0.3) is 0 Å². The molecule has 0 fully saturated rings. The zero-order chi connectivity index (χ0) is 18.8. The molecule has 0 aliphatic heterocycles. The van der Waals surface area contributed by atoms with E-state index < -0.39 is 17.9 Å². The smallest absolute Gasteiger partial charge is 0.302 e. The topological polar surface area (TPSA) is 58.2 Å². The SMILES string of the molecule is CC(C)(C)c1ccc(C(=O)NNC2=C(C(=O)C(F)(F)F)CCC2)cc1. The summed E-state index contributed by atoms with van der Waals surface area (Å²) in [7, 11) is 0. The van der Waals surface area contributed by atoms with Crippen molar-refractivity contribution in [1.82, 2.24) is 10.9 Å². The zero-order valence-electron chi connectivity index (χ0n) is 14.4. The first-order valence-electron chi connectivity index (χ1n) is 8.00. The van der Waals surface area contributed by atoms with Crippen LogP contribution in [0, 0.1) is 0 Å². The van der Waals surface area contributed by atoms with Gasteiger partial charge >= 0.3 is 6.18 Å². The molecule has 1 aliphatic rings. The van der Waals surface area contributed by atoms with E-state index in [2.05, 4.69) is 31.6 Å². The van der Waals surface area contributed by atoms with Crippen molar-refractivity contribution >= 4 is 11.7 Å². The summed E-state index contributed by atoms with van der Waals surface area (Å²) in [5.74, 6) is -2.32. The van der Waals surface area contributed by atoms with Gasteiger partial charge in [-0.25, -0.2) is 0 Å². The molecule has 0 heterocycles. The molecule has 7 heteroatoms. The lowest BCUT2D eigenvalue weighted by Crippen LogP contribution is -2.38. The minimum absolute atomic E-state index is 0.0469. The average molecular weight is 354 g/mol. The Bertz CT molecular complexity index is 699. The fraction of sp³-hybridized carbons (Fsp3) is 0.444. The van der Waals surface area contributed by atoms with Gasteiger partial charge in [-0.15, -0.1) is 0 Å². The number of Topliss-reactive ketones (excluding diaryl/α,β-unsaturated/α-hetero) is 1. The number of hydrogen-bond donors (Lipinski definition) is 2. The largest absolute Gasteiger partial charge is 0.454 e. The summed E-state index contributed by atoms with van der Waals surface area (Å²) in [4.78, 5) is 23.5. The van der Waals surface area contributed by atoms with Crippen molar-refractivity contribution in [3.05, 3.63) is 46.7 Å². The lowest BCUT2D eigenvalue weighted by atomic mass is 9.87. The van der Waals surface area contributed by atoms with Crippen LogP contribution in [0.4, 0.5) is 13.2 Å². The Labute approximate surface area is 144 Å². The van der Waals surface area contributed by atoms with Crippen LogP contribution in [0.3, 0.4) is 0 Å². The summed E-state index contributed by atoms with van der Waals surface area (Å²) in [5, 5.41) is 0. The molecule has 1 amide bonds. The lowest BCUT2D eigenvalue weighted by Gasteiger charge is -2.19. The monoisotopic (exact) mass is 354 g/mol. The van der Waals surface area contributed by atoms with E-state index in [1.165, 1.54) is 0 Å². The van der Waals surface area contributed by atoms with Crippen molar-refractivity contribution in [2.75, 3.05) is 0 Å². The average Bonchev–Trinajstić information content (AvgIpc) is 2.98. The van der Waals surface area contributed by atoms with E-state index in [9.17, 15) is 22.8 Å². The second kappa shape index (κ2) is 6.90. The number of rotatable bonds is 4. The summed E-state index contributed by atoms with van der Waals surface area (Å²) in [6, 6.07) is 6.98. The Kier molecular flexibility index (Phi) is 5.25. The molecule has 2 N–H and O–H groups in total. The number of amides is 1. The third kappa shape index (κ3) is 4.61. The van der Waals surface area contributed by atoms with Crippen molar-refractivity contribution in [3.8, 4) is 0 Å². The van der Waals surface area contributed by atoms with E-state index in [0.29, 0.717) is 18.4 Å². The Morgan fingerprint density at radius 3 is 2.12 bits per heavy atom. The number of carbonyl (C=O) groups excluding carboxylic acids is 2. The van der Waals surface area contributed by atoms with Gasteiger partial charge in [0.15, 0.2) is 0 Å². The van der Waals surface area contributed by atoms with E-state index in [-0.39, 0.29) is 23.1 Å². The highest BCUT2D eigenvalue weighted by Crippen LogP contribution is 2.31. The molecule has 1 aromatic carbocycles. The molecule has 0 bridgehead atoms. The molecule has 0 atom stereocenters. The van der Waals surface area contributed by atoms with Gasteiger partial charge in [-0.05, 0) is 42.4 Å². The van der Waals surface area contributed by atoms with Gasteiger partial charge < -0.3 is 5.43 Å². The van der Waals surface area contributed by atoms with Gasteiger partial charge in [0.2, 0.25) is 0 Å². The molecular formula is C18H21F3N2O2. The zero-order valence-corrected chi connectivity index (χ0v) is 14.4. The predicted octanol–water partition coefficient (Wildman–Crippen LogP) is 3.79. The standard InChI is InChI=1S/C18H21F3N2O2/c1-17(2,3)12-9-7-11(8-10-12)16(25)23-22-14-6-4-5-13(14)15(24)18(19,20)21/h7-10,22H,4-6H2,1-3H3,(H,23,25). The summed E-state index contributed by atoms with van der Waals surface area (Å²) in [6.45, 7) is 6.15. The maximum atomic E-state index is 12.6. The minimum atomic E-state index is -4.90. The van der Waals surface area contributed by atoms with Gasteiger partial charge in [0.25, 0.3) is 11.7 Å². The van der Waals surface area contributed by atoms with Crippen molar-refractivity contribution in [3.63, 3.8) is 0 Å². The quantitative estimate of drug-likeness (QED) is 0.809. The Balaban J connectivity index is 2.05. The molecule has 25 heavy (non-hydrogen) atoms. The van der Waals surface area contributed by atoms with Crippen molar-refractivity contribution in [2.45, 2.75) is 51.6 Å². The number of alkyl halides is 3. The minimum Gasteiger partial charge on any atom is -0.302 e. The number of nitrogens with one attached hydrogen (secondary N) is 2. The summed E-state index contributed by atoms with van der Waals surface area (Å²) < 4.78 is 37.7. The molecule has 0 radical (unpaired) electrons. The number of carbonyl (C=O) groups is 2. The van der Waals surface area contributed by atoms with Gasteiger partial charge in [0.05, 0.1) is 0 Å². The fourth-order valence-corrected chi connectivity index (χ4v) is 2.63. The predicted molar refractivity (Wildman–Crippen MR) is 87.7 cm³/mol. The molecule has 0 unspecified atom stereocenters. The van der Waals surface area contributed by atoms with Gasteiger partial charge in [-0.2, -0.15) is 13.2 Å². The number of allylic oxidation sites excluding steroid dienone is 2. The highest BCUT2D eigenvalue weighted by Gasteiger charge is 2.42. The summed E-state index contributed by atoms with van der Waals surface area (Å²) in [6.07, 6.45) is -4.12. The Morgan fingerprint density at radius 2 is 1.60 bits per heavy atom. The second-order valence-electron chi connectivity index (χ2n) is 7.04. The van der Waals surface area contributed by atoms with Crippen LogP contribution >= 0.6 is 0 Å². The van der Waals surface area contributed by atoms with Crippen molar-refractivity contribution in [1.29, 1.82) is 0 Å². The summed E-state index contributed by atoms with van der Waals surface area (Å²) in [5.41, 5.74) is 6.07. The molecule has 0 aromatic heterocycles. The van der Waals surface area contributed by atoms with Crippen LogP contribution in [-0.4, -0.2) is 17.9 Å². The third-order valence-electron chi connectivity index (χ3n) is 4.09. The summed E-state index contributed by atoms with van der Waals surface area (Å²) >= 11 is 0. The van der Waals surface area contributed by atoms with Crippen LogP contribution in [0.5, 0.6) is 0 Å². The van der Waals surface area contributed by atoms with E-state index in [0.717, 1.165) is 5.56 Å². The van der Waals surface area contributed by atoms with E-state index in [1.807, 2.05) is 12.1 Å². The van der Waals surface area contributed by atoms with Crippen LogP contribution in [0.15, 0.2) is 35.5 Å². The van der Waals surface area contributed by atoms with Gasteiger partial charge in [-0.3, -0.25) is 15.0 Å². The fourth-order valence-electron chi connectivity index (χ4n) is 2.63. The number of hydrogen-bond acceptors (Lipinski definition) is 3. The molecule has 2 rings (SSSR count). The number of halogens is 3. The van der Waals surface area contributed by atoms with Crippen LogP contribution < -0.4 is 10.9 Å². The second-order valence-corrected chi connectivity index (χ2v) is 7.04. The normalized spacial score (nSPS) is 15.3. The van der Waals surface area contributed by atoms with E-state index in [4.69, 9.17) is 0 Å². The molecule has 1 aliphatic carbocycles. The first-order chi connectivity index (χ1) is 11.5. The van der Waals surface area contributed by atoms with E-state index in [1.54, 1.807) is 12.1 Å². The molecular weight excluding hydrogens is 333 g/mol. The maximum Gasteiger partial charge on any atom is 0.454 e. The van der Waals surface area contributed by atoms with Gasteiger partial charge in [0, 0.05) is 16.8 Å². The van der Waals surface area contributed by atoms with Crippen molar-refractivity contribution < 1.29 is 22.8 Å². The Hall–Kier alpha value is -2.31. The molecule has 4 nitrogen and oxygen atoms in total.